The second kappa shape index (κ2) is 17.0. The fraction of sp³-hybridized carbons (Fsp3) is 0.412. The number of aromatic nitrogens is 4. The minimum absolute atomic E-state index is 0.726. The maximum atomic E-state index is 4.88. The molecule has 1 aliphatic rings. The van der Waals surface area contributed by atoms with Gasteiger partial charge in [0.25, 0.3) is 0 Å². The van der Waals surface area contributed by atoms with Crippen LogP contribution in [0.25, 0.3) is 22.8 Å². The number of likely N-dealkylation sites (N-methyl/N-ethyl adjacent to an activating group) is 2. The van der Waals surface area contributed by atoms with Crippen LogP contribution in [0.15, 0.2) is 72.8 Å². The van der Waals surface area contributed by atoms with Gasteiger partial charge in [-0.05, 0) is 62.6 Å². The van der Waals surface area contributed by atoms with Crippen LogP contribution >= 0.6 is 0 Å². The van der Waals surface area contributed by atoms with Gasteiger partial charge in [-0.2, -0.15) is 0 Å². The smallest absolute Gasteiger partial charge is 0.0890 e. The van der Waals surface area contributed by atoms with Crippen molar-refractivity contribution in [3.8, 4) is 22.8 Å². The van der Waals surface area contributed by atoms with Crippen molar-refractivity contribution in [3.05, 3.63) is 95.6 Å². The van der Waals surface area contributed by atoms with E-state index in [4.69, 9.17) is 19.9 Å². The number of fused-ring (bicyclic) bond motifs is 10. The molecular weight excluding hydrogens is 548 g/mol. The summed E-state index contributed by atoms with van der Waals surface area (Å²) in [5, 5.41) is 14.2. The van der Waals surface area contributed by atoms with Crippen LogP contribution in [-0.4, -0.2) is 96.2 Å². The maximum Gasteiger partial charge on any atom is 0.0890 e. The molecule has 4 aromatic heterocycles. The van der Waals surface area contributed by atoms with E-state index < -0.39 is 0 Å². The van der Waals surface area contributed by atoms with Crippen molar-refractivity contribution in [1.82, 2.24) is 51.0 Å². The van der Waals surface area contributed by atoms with Gasteiger partial charge in [-0.3, -0.25) is 0 Å². The third-order valence-corrected chi connectivity index (χ3v) is 7.66. The van der Waals surface area contributed by atoms with Crippen LogP contribution in [0.3, 0.4) is 0 Å². The fourth-order valence-electron chi connectivity index (χ4n) is 5.05. The highest BCUT2D eigenvalue weighted by Crippen LogP contribution is 2.16. The summed E-state index contributed by atoms with van der Waals surface area (Å²) in [4.78, 5) is 24.2. The van der Waals surface area contributed by atoms with Crippen LogP contribution in [0.5, 0.6) is 0 Å². The fourth-order valence-corrected chi connectivity index (χ4v) is 5.05. The van der Waals surface area contributed by atoms with Gasteiger partial charge >= 0.3 is 0 Å². The maximum absolute atomic E-state index is 4.88. The van der Waals surface area contributed by atoms with E-state index in [9.17, 15) is 0 Å². The van der Waals surface area contributed by atoms with Gasteiger partial charge < -0.3 is 31.1 Å². The molecule has 0 radical (unpaired) electrons. The van der Waals surface area contributed by atoms with Gasteiger partial charge in [-0.15, -0.1) is 0 Å². The normalized spacial score (nSPS) is 17.5. The number of nitrogens with one attached hydrogen (secondary N) is 4. The molecule has 1 aliphatic heterocycles. The van der Waals surface area contributed by atoms with Crippen molar-refractivity contribution in [2.75, 3.05) is 66.5 Å². The monoisotopic (exact) mass is 594 g/mol. The standard InChI is InChI=1S/C34H46N10/c1-43-19-15-35-23-27-7-3-11-31(39-27)33-13-5-9-29(41-33)25-37-17-21-44(2)22-18-38-26-30-10-6-14-34(42-30)32-12-4-8-28(40-32)24-36-16-20-43/h3-14,35-38H,15-26H2,1-2H3. The Kier molecular flexibility index (Phi) is 12.3. The minimum Gasteiger partial charge on any atom is -0.310 e. The molecule has 232 valence electrons. The van der Waals surface area contributed by atoms with Gasteiger partial charge in [0.05, 0.1) is 45.6 Å². The van der Waals surface area contributed by atoms with Crippen LogP contribution in [0, 0.1) is 0 Å². The van der Waals surface area contributed by atoms with E-state index in [0.29, 0.717) is 0 Å². The Labute approximate surface area is 261 Å². The van der Waals surface area contributed by atoms with Crippen molar-refractivity contribution in [1.29, 1.82) is 0 Å². The predicted octanol–water partition coefficient (Wildman–Crippen LogP) is 2.54. The molecule has 0 amide bonds. The Bertz CT molecular complexity index is 1230. The summed E-state index contributed by atoms with van der Waals surface area (Å²) in [5.74, 6) is 0. The van der Waals surface area contributed by atoms with Gasteiger partial charge in [0, 0.05) is 78.5 Å². The van der Waals surface area contributed by atoms with Crippen LogP contribution in [0.1, 0.15) is 22.8 Å². The number of rotatable bonds is 0. The zero-order valence-corrected chi connectivity index (χ0v) is 26.1. The third-order valence-electron chi connectivity index (χ3n) is 7.66. The molecule has 44 heavy (non-hydrogen) atoms. The lowest BCUT2D eigenvalue weighted by molar-refractivity contribution is 0.328. The van der Waals surface area contributed by atoms with Crippen molar-refractivity contribution in [3.63, 3.8) is 0 Å². The van der Waals surface area contributed by atoms with E-state index in [1.165, 1.54) is 0 Å². The van der Waals surface area contributed by atoms with Crippen molar-refractivity contribution in [2.24, 2.45) is 0 Å². The number of nitrogens with zero attached hydrogens (tertiary/aromatic N) is 6. The highest BCUT2D eigenvalue weighted by atomic mass is 15.1. The van der Waals surface area contributed by atoms with Gasteiger partial charge in [0.2, 0.25) is 0 Å². The molecule has 10 heteroatoms. The molecule has 5 rings (SSSR count). The first kappa shape index (κ1) is 31.8. The van der Waals surface area contributed by atoms with E-state index in [1.807, 2.05) is 24.3 Å². The summed E-state index contributed by atoms with van der Waals surface area (Å²) in [6.07, 6.45) is 0. The van der Waals surface area contributed by atoms with Crippen LogP contribution in [-0.2, 0) is 26.2 Å². The molecule has 4 N–H and O–H groups in total. The van der Waals surface area contributed by atoms with E-state index in [2.05, 4.69) is 93.7 Å². The first-order chi connectivity index (χ1) is 21.6. The topological polar surface area (TPSA) is 106 Å². The minimum atomic E-state index is 0.726. The van der Waals surface area contributed by atoms with Crippen LogP contribution < -0.4 is 21.3 Å². The first-order valence-electron chi connectivity index (χ1n) is 15.7. The van der Waals surface area contributed by atoms with Gasteiger partial charge in [-0.1, -0.05) is 24.3 Å². The average molecular weight is 595 g/mol. The Balaban J connectivity index is 1.21. The Morgan fingerprint density at radius 2 is 0.659 bits per heavy atom. The average Bonchev–Trinajstić information content (AvgIpc) is 3.06. The molecule has 5 heterocycles. The highest BCUT2D eigenvalue weighted by molar-refractivity contribution is 5.55. The predicted molar refractivity (Wildman–Crippen MR) is 177 cm³/mol. The largest absolute Gasteiger partial charge is 0.310 e. The molecule has 0 fully saturated rings. The molecule has 10 nitrogen and oxygen atoms in total. The summed E-state index contributed by atoms with van der Waals surface area (Å²) < 4.78 is 0. The van der Waals surface area contributed by atoms with E-state index >= 15 is 0 Å². The zero-order valence-electron chi connectivity index (χ0n) is 26.1. The molecule has 0 atom stereocenters. The van der Waals surface area contributed by atoms with Crippen molar-refractivity contribution < 1.29 is 0 Å². The summed E-state index contributed by atoms with van der Waals surface area (Å²) in [5.41, 5.74) is 7.70. The van der Waals surface area contributed by atoms with Crippen LogP contribution in [0.2, 0.25) is 0 Å². The highest BCUT2D eigenvalue weighted by Gasteiger charge is 2.07. The first-order valence-corrected chi connectivity index (χ1v) is 15.7. The SMILES string of the molecule is CN1CCNCc2cccc(n2)-c2cccc(n2)CNCCN(C)CCNCc2cccc(n2)-c2cccc(n2)CNCC1. The molecular formula is C34H46N10. The van der Waals surface area contributed by atoms with Gasteiger partial charge in [0.15, 0.2) is 0 Å². The summed E-state index contributed by atoms with van der Waals surface area (Å²) in [6.45, 7) is 10.3. The van der Waals surface area contributed by atoms with Gasteiger partial charge in [0.1, 0.15) is 0 Å². The van der Waals surface area contributed by atoms with Crippen LogP contribution in [0.4, 0.5) is 0 Å². The summed E-state index contributed by atoms with van der Waals surface area (Å²) in [7, 11) is 4.31. The van der Waals surface area contributed by atoms with Gasteiger partial charge in [-0.25, -0.2) is 19.9 Å². The molecule has 0 spiro atoms. The third kappa shape index (κ3) is 10.2. The Morgan fingerprint density at radius 1 is 0.409 bits per heavy atom. The Hall–Kier alpha value is -3.64. The molecule has 0 aliphatic carbocycles. The van der Waals surface area contributed by atoms with E-state index in [1.54, 1.807) is 0 Å². The molecule has 8 bridgehead atoms. The number of pyridine rings is 4. The van der Waals surface area contributed by atoms with Crippen molar-refractivity contribution >= 4 is 0 Å². The molecule has 0 saturated heterocycles. The number of hydrogen-bond acceptors (Lipinski definition) is 10. The summed E-state index contributed by atoms with van der Waals surface area (Å²) in [6, 6.07) is 24.7. The van der Waals surface area contributed by atoms with Crippen molar-refractivity contribution in [2.45, 2.75) is 26.2 Å². The van der Waals surface area contributed by atoms with E-state index in [0.717, 1.165) is 124 Å². The molecule has 0 saturated carbocycles. The number of hydrogen-bond donors (Lipinski definition) is 4. The zero-order chi connectivity index (χ0) is 30.4. The molecule has 4 aromatic rings. The lowest BCUT2D eigenvalue weighted by Gasteiger charge is -2.17. The second-order valence-electron chi connectivity index (χ2n) is 11.4. The Morgan fingerprint density at radius 3 is 0.909 bits per heavy atom. The lowest BCUT2D eigenvalue weighted by Crippen LogP contribution is -2.34. The summed E-state index contributed by atoms with van der Waals surface area (Å²) >= 11 is 0. The lowest BCUT2D eigenvalue weighted by atomic mass is 10.2. The molecule has 0 unspecified atom stereocenters. The molecule has 0 aromatic carbocycles. The quantitative estimate of drug-likeness (QED) is 0.243. The second-order valence-corrected chi connectivity index (χ2v) is 11.4. The van der Waals surface area contributed by atoms with E-state index in [-0.39, 0.29) is 0 Å².